The molecule has 6 nitrogen and oxygen atoms in total. The van der Waals surface area contributed by atoms with E-state index in [1.54, 1.807) is 4.90 Å². The van der Waals surface area contributed by atoms with Crippen LogP contribution in [-0.4, -0.2) is 58.4 Å². The molecule has 1 N–H and O–H groups in total. The highest BCUT2D eigenvalue weighted by Crippen LogP contribution is 2.30. The van der Waals surface area contributed by atoms with Crippen LogP contribution in [0.3, 0.4) is 0 Å². The fourth-order valence-electron chi connectivity index (χ4n) is 2.99. The number of hydrogen-bond donors (Lipinski definition) is 1. The molecule has 124 valence electrons. The lowest BCUT2D eigenvalue weighted by Gasteiger charge is -2.37. The largest absolute Gasteiger partial charge is 0.480 e. The Balaban J connectivity index is 2.03. The summed E-state index contributed by atoms with van der Waals surface area (Å²) >= 11 is 0. The van der Waals surface area contributed by atoms with E-state index in [1.807, 2.05) is 20.8 Å². The summed E-state index contributed by atoms with van der Waals surface area (Å²) in [5, 5.41) is 9.00. The first-order valence-electron chi connectivity index (χ1n) is 8.02. The molecule has 1 unspecified atom stereocenters. The van der Waals surface area contributed by atoms with Gasteiger partial charge in [-0.25, -0.2) is 0 Å². The van der Waals surface area contributed by atoms with Crippen LogP contribution in [0.15, 0.2) is 0 Å². The molecule has 2 amide bonds. The molecule has 1 saturated heterocycles. The summed E-state index contributed by atoms with van der Waals surface area (Å²) in [7, 11) is 0. The molecular weight excluding hydrogens is 284 g/mol. The molecule has 0 radical (unpaired) electrons. The molecule has 2 rings (SSSR count). The zero-order chi connectivity index (χ0) is 16.5. The van der Waals surface area contributed by atoms with Crippen molar-refractivity contribution in [2.75, 3.05) is 19.6 Å². The number of aliphatic carboxylic acids is 1. The topological polar surface area (TPSA) is 77.9 Å². The zero-order valence-corrected chi connectivity index (χ0v) is 13.7. The highest BCUT2D eigenvalue weighted by atomic mass is 16.4. The van der Waals surface area contributed by atoms with E-state index in [0.29, 0.717) is 13.1 Å². The molecule has 22 heavy (non-hydrogen) atoms. The van der Waals surface area contributed by atoms with E-state index in [0.717, 1.165) is 25.7 Å². The fraction of sp³-hybridized carbons (Fsp3) is 0.812. The Morgan fingerprint density at radius 1 is 1.18 bits per heavy atom. The van der Waals surface area contributed by atoms with Crippen LogP contribution in [0, 0.1) is 11.3 Å². The van der Waals surface area contributed by atoms with E-state index < -0.39 is 11.4 Å². The van der Waals surface area contributed by atoms with Gasteiger partial charge in [-0.2, -0.15) is 0 Å². The van der Waals surface area contributed by atoms with E-state index in [4.69, 9.17) is 5.11 Å². The van der Waals surface area contributed by atoms with Gasteiger partial charge in [-0.15, -0.1) is 0 Å². The van der Waals surface area contributed by atoms with Gasteiger partial charge in [-0.3, -0.25) is 14.4 Å². The second kappa shape index (κ2) is 6.26. The smallest absolute Gasteiger partial charge is 0.323 e. The van der Waals surface area contributed by atoms with Crippen LogP contribution in [0.1, 0.15) is 46.5 Å². The second-order valence-electron chi connectivity index (χ2n) is 7.43. The predicted octanol–water partition coefficient (Wildman–Crippen LogP) is 1.35. The summed E-state index contributed by atoms with van der Waals surface area (Å²) in [5.41, 5.74) is -0.456. The molecule has 1 aliphatic carbocycles. The Morgan fingerprint density at radius 2 is 1.82 bits per heavy atom. The molecule has 1 aliphatic heterocycles. The van der Waals surface area contributed by atoms with Crippen LogP contribution in [0.5, 0.6) is 0 Å². The van der Waals surface area contributed by atoms with Crippen LogP contribution in [0.25, 0.3) is 0 Å². The van der Waals surface area contributed by atoms with Gasteiger partial charge >= 0.3 is 5.97 Å². The molecule has 1 heterocycles. The van der Waals surface area contributed by atoms with Crippen LogP contribution in [-0.2, 0) is 14.4 Å². The van der Waals surface area contributed by atoms with Crippen molar-refractivity contribution in [3.05, 3.63) is 0 Å². The van der Waals surface area contributed by atoms with Crippen molar-refractivity contribution >= 4 is 17.8 Å². The van der Waals surface area contributed by atoms with Gasteiger partial charge in [-0.1, -0.05) is 20.8 Å². The van der Waals surface area contributed by atoms with Gasteiger partial charge in [0, 0.05) is 24.5 Å². The van der Waals surface area contributed by atoms with Crippen molar-refractivity contribution in [3.8, 4) is 0 Å². The number of carbonyl (C=O) groups excluding carboxylic acids is 2. The summed E-state index contributed by atoms with van der Waals surface area (Å²) < 4.78 is 0. The standard InChI is InChI=1S/C16H26N2O4/c1-16(2,3)15(22)17-8-4-5-11(9-17)14(21)18(10-13(19)20)12-6-7-12/h11-12H,4-10H2,1-3H3,(H,19,20). The molecule has 2 fully saturated rings. The first kappa shape index (κ1) is 16.8. The van der Waals surface area contributed by atoms with Gasteiger partial charge in [0.05, 0.1) is 5.92 Å². The molecule has 0 bridgehead atoms. The molecule has 0 spiro atoms. The summed E-state index contributed by atoms with van der Waals surface area (Å²) in [4.78, 5) is 39.3. The monoisotopic (exact) mass is 310 g/mol. The van der Waals surface area contributed by atoms with Crippen molar-refractivity contribution in [2.45, 2.75) is 52.5 Å². The van der Waals surface area contributed by atoms with Gasteiger partial charge in [0.1, 0.15) is 6.54 Å². The lowest BCUT2D eigenvalue weighted by molar-refractivity contribution is -0.150. The number of carboxylic acid groups (broad SMARTS) is 1. The third-order valence-electron chi connectivity index (χ3n) is 4.28. The average Bonchev–Trinajstić information content (AvgIpc) is 3.26. The van der Waals surface area contributed by atoms with Gasteiger partial charge in [-0.05, 0) is 25.7 Å². The second-order valence-corrected chi connectivity index (χ2v) is 7.43. The number of rotatable bonds is 4. The normalized spacial score (nSPS) is 22.3. The van der Waals surface area contributed by atoms with Crippen molar-refractivity contribution in [1.29, 1.82) is 0 Å². The number of hydrogen-bond acceptors (Lipinski definition) is 3. The van der Waals surface area contributed by atoms with E-state index in [1.165, 1.54) is 4.90 Å². The molecule has 6 heteroatoms. The first-order chi connectivity index (χ1) is 10.2. The van der Waals surface area contributed by atoms with E-state index in [9.17, 15) is 14.4 Å². The number of amides is 2. The summed E-state index contributed by atoms with van der Waals surface area (Å²) in [6.07, 6.45) is 3.30. The van der Waals surface area contributed by atoms with Gasteiger partial charge in [0.15, 0.2) is 0 Å². The Hall–Kier alpha value is -1.59. The van der Waals surface area contributed by atoms with Crippen LogP contribution >= 0.6 is 0 Å². The average molecular weight is 310 g/mol. The van der Waals surface area contributed by atoms with Crippen molar-refractivity contribution < 1.29 is 19.5 Å². The van der Waals surface area contributed by atoms with Gasteiger partial charge in [0.2, 0.25) is 11.8 Å². The Labute approximate surface area is 131 Å². The Bertz CT molecular complexity index is 465. The van der Waals surface area contributed by atoms with E-state index in [2.05, 4.69) is 0 Å². The molecule has 0 aromatic heterocycles. The maximum Gasteiger partial charge on any atom is 0.323 e. The molecular formula is C16H26N2O4. The third-order valence-corrected chi connectivity index (χ3v) is 4.28. The minimum atomic E-state index is -0.973. The third kappa shape index (κ3) is 3.99. The Kier molecular flexibility index (Phi) is 4.78. The van der Waals surface area contributed by atoms with Crippen LogP contribution < -0.4 is 0 Å². The quantitative estimate of drug-likeness (QED) is 0.850. The van der Waals surface area contributed by atoms with Gasteiger partial charge in [0.25, 0.3) is 0 Å². The minimum Gasteiger partial charge on any atom is -0.480 e. The van der Waals surface area contributed by atoms with Crippen molar-refractivity contribution in [1.82, 2.24) is 9.80 Å². The van der Waals surface area contributed by atoms with E-state index in [-0.39, 0.29) is 30.3 Å². The lowest BCUT2D eigenvalue weighted by atomic mass is 9.90. The van der Waals surface area contributed by atoms with Crippen molar-refractivity contribution in [2.24, 2.45) is 11.3 Å². The SMILES string of the molecule is CC(C)(C)C(=O)N1CCCC(C(=O)N(CC(=O)O)C2CC2)C1. The van der Waals surface area contributed by atoms with Crippen LogP contribution in [0.4, 0.5) is 0 Å². The summed E-state index contributed by atoms with van der Waals surface area (Å²) in [6, 6.07) is 0.0808. The maximum atomic E-state index is 12.7. The fourth-order valence-corrected chi connectivity index (χ4v) is 2.99. The Morgan fingerprint density at radius 3 is 2.32 bits per heavy atom. The predicted molar refractivity (Wildman–Crippen MR) is 81.1 cm³/mol. The number of carboxylic acids is 1. The van der Waals surface area contributed by atoms with Gasteiger partial charge < -0.3 is 14.9 Å². The minimum absolute atomic E-state index is 0.0567. The molecule has 1 saturated carbocycles. The lowest BCUT2D eigenvalue weighted by Crippen LogP contribution is -2.50. The molecule has 1 atom stereocenters. The molecule has 0 aromatic rings. The molecule has 2 aliphatic rings. The highest BCUT2D eigenvalue weighted by molar-refractivity contribution is 5.86. The first-order valence-corrected chi connectivity index (χ1v) is 8.02. The van der Waals surface area contributed by atoms with Crippen LogP contribution in [0.2, 0.25) is 0 Å². The number of nitrogens with zero attached hydrogens (tertiary/aromatic N) is 2. The highest BCUT2D eigenvalue weighted by Gasteiger charge is 2.39. The van der Waals surface area contributed by atoms with E-state index >= 15 is 0 Å². The maximum absolute atomic E-state index is 12.7. The summed E-state index contributed by atoms with van der Waals surface area (Å²) in [6.45, 7) is 6.50. The molecule has 0 aromatic carbocycles. The number of piperidine rings is 1. The number of likely N-dealkylation sites (tertiary alicyclic amines) is 1. The summed E-state index contributed by atoms with van der Waals surface area (Å²) in [5.74, 6) is -1.28. The van der Waals surface area contributed by atoms with Crippen molar-refractivity contribution in [3.63, 3.8) is 0 Å². The zero-order valence-electron chi connectivity index (χ0n) is 13.7. The number of carbonyl (C=O) groups is 3.